The molecule has 1 aliphatic carbocycles. The van der Waals surface area contributed by atoms with Crippen LogP contribution in [0, 0.1) is 13.8 Å². The van der Waals surface area contributed by atoms with Crippen LogP contribution in [0.5, 0.6) is 0 Å². The van der Waals surface area contributed by atoms with E-state index in [1.807, 2.05) is 4.90 Å². The minimum Gasteiger partial charge on any atom is -0.345 e. The zero-order valence-electron chi connectivity index (χ0n) is 15.9. The summed E-state index contributed by atoms with van der Waals surface area (Å²) in [5.74, 6) is 0.945. The number of likely N-dealkylation sites (tertiary alicyclic amines) is 1. The normalized spacial score (nSPS) is 21.9. The van der Waals surface area contributed by atoms with E-state index >= 15 is 0 Å². The molecule has 6 heteroatoms. The Morgan fingerprint density at radius 3 is 2.62 bits per heavy atom. The van der Waals surface area contributed by atoms with Gasteiger partial charge in [-0.3, -0.25) is 9.89 Å². The first-order valence-electron chi connectivity index (χ1n) is 10.0. The molecule has 2 aromatic rings. The molecule has 26 heavy (non-hydrogen) atoms. The number of rotatable bonds is 3. The molecule has 2 fully saturated rings. The maximum atomic E-state index is 13.4. The molecule has 140 valence electrons. The van der Waals surface area contributed by atoms with E-state index in [9.17, 15) is 4.79 Å². The van der Waals surface area contributed by atoms with E-state index < -0.39 is 0 Å². The van der Waals surface area contributed by atoms with Crippen molar-refractivity contribution in [2.45, 2.75) is 77.3 Å². The van der Waals surface area contributed by atoms with Crippen LogP contribution in [0.25, 0.3) is 0 Å². The standard InChI is InChI=1S/C20H29N5O/c1-14-12-17(15(2)25(14)16-8-4-3-5-9-16)20(26)24-11-7-6-10-18(24)19-21-13-22-23-19/h12-13,16,18H,3-11H2,1-2H3,(H,21,22,23)/t18-/m1/s1. The summed E-state index contributed by atoms with van der Waals surface area (Å²) in [6, 6.07) is 2.66. The summed E-state index contributed by atoms with van der Waals surface area (Å²) in [5, 5.41) is 6.95. The maximum Gasteiger partial charge on any atom is 0.256 e. The van der Waals surface area contributed by atoms with Gasteiger partial charge in [0.05, 0.1) is 11.6 Å². The highest BCUT2D eigenvalue weighted by atomic mass is 16.2. The molecular formula is C20H29N5O. The lowest BCUT2D eigenvalue weighted by Gasteiger charge is -2.34. The number of carbonyl (C=O) groups excluding carboxylic acids is 1. The second kappa shape index (κ2) is 7.25. The SMILES string of the molecule is Cc1cc(C(=O)N2CCCC[C@@H]2c2ncn[nH]2)c(C)n1C1CCCCC1. The first kappa shape index (κ1) is 17.3. The number of carbonyl (C=O) groups is 1. The fourth-order valence-corrected chi connectivity index (χ4v) is 4.88. The smallest absolute Gasteiger partial charge is 0.256 e. The number of hydrogen-bond donors (Lipinski definition) is 1. The Balaban J connectivity index is 1.63. The Labute approximate surface area is 155 Å². The molecule has 2 aromatic heterocycles. The fourth-order valence-electron chi connectivity index (χ4n) is 4.88. The van der Waals surface area contributed by atoms with Crippen LogP contribution in [-0.2, 0) is 0 Å². The number of aromatic nitrogens is 4. The zero-order chi connectivity index (χ0) is 18.1. The molecular weight excluding hydrogens is 326 g/mol. The van der Waals surface area contributed by atoms with Crippen LogP contribution < -0.4 is 0 Å². The number of hydrogen-bond acceptors (Lipinski definition) is 3. The van der Waals surface area contributed by atoms with E-state index in [1.165, 1.54) is 44.1 Å². The van der Waals surface area contributed by atoms with Crippen LogP contribution >= 0.6 is 0 Å². The lowest BCUT2D eigenvalue weighted by molar-refractivity contribution is 0.0599. The van der Waals surface area contributed by atoms with Gasteiger partial charge in [0, 0.05) is 24.0 Å². The number of nitrogens with zero attached hydrogens (tertiary/aromatic N) is 4. The summed E-state index contributed by atoms with van der Waals surface area (Å²) in [7, 11) is 0. The van der Waals surface area contributed by atoms with Gasteiger partial charge in [0.2, 0.25) is 0 Å². The van der Waals surface area contributed by atoms with Gasteiger partial charge in [0.25, 0.3) is 5.91 Å². The predicted octanol–water partition coefficient (Wildman–Crippen LogP) is 4.10. The van der Waals surface area contributed by atoms with Gasteiger partial charge in [-0.05, 0) is 52.0 Å². The number of nitrogens with one attached hydrogen (secondary N) is 1. The van der Waals surface area contributed by atoms with Gasteiger partial charge >= 0.3 is 0 Å². The molecule has 0 aromatic carbocycles. The maximum absolute atomic E-state index is 13.4. The van der Waals surface area contributed by atoms with Crippen molar-refractivity contribution in [3.8, 4) is 0 Å². The third-order valence-electron chi connectivity index (χ3n) is 6.17. The average Bonchev–Trinajstić information content (AvgIpc) is 3.30. The van der Waals surface area contributed by atoms with Crippen LogP contribution in [0.3, 0.4) is 0 Å². The number of aromatic amines is 1. The summed E-state index contributed by atoms with van der Waals surface area (Å²) >= 11 is 0. The predicted molar refractivity (Wildman–Crippen MR) is 100 cm³/mol. The second-order valence-electron chi connectivity index (χ2n) is 7.83. The van der Waals surface area contributed by atoms with Gasteiger partial charge in [-0.15, -0.1) is 0 Å². The van der Waals surface area contributed by atoms with Gasteiger partial charge in [-0.1, -0.05) is 19.3 Å². The Kier molecular flexibility index (Phi) is 4.83. The van der Waals surface area contributed by atoms with Crippen LogP contribution in [0.1, 0.15) is 91.0 Å². The summed E-state index contributed by atoms with van der Waals surface area (Å²) in [4.78, 5) is 19.7. The average molecular weight is 355 g/mol. The molecule has 4 rings (SSSR count). The van der Waals surface area contributed by atoms with Crippen molar-refractivity contribution < 1.29 is 4.79 Å². The third-order valence-corrected chi connectivity index (χ3v) is 6.17. The van der Waals surface area contributed by atoms with Gasteiger partial charge in [0.1, 0.15) is 12.2 Å². The van der Waals surface area contributed by atoms with Crippen molar-refractivity contribution in [1.82, 2.24) is 24.6 Å². The van der Waals surface area contributed by atoms with Crippen molar-refractivity contribution in [1.29, 1.82) is 0 Å². The van der Waals surface area contributed by atoms with Gasteiger partial charge in [0.15, 0.2) is 0 Å². The van der Waals surface area contributed by atoms with Crippen LogP contribution in [-0.4, -0.2) is 37.1 Å². The molecule has 1 saturated carbocycles. The molecule has 1 saturated heterocycles. The minimum absolute atomic E-state index is 0.0106. The Hall–Kier alpha value is -2.11. The second-order valence-corrected chi connectivity index (χ2v) is 7.83. The van der Waals surface area contributed by atoms with E-state index in [-0.39, 0.29) is 11.9 Å². The molecule has 3 heterocycles. The topological polar surface area (TPSA) is 66.8 Å². The monoisotopic (exact) mass is 355 g/mol. The number of aryl methyl sites for hydroxylation is 1. The highest BCUT2D eigenvalue weighted by Crippen LogP contribution is 2.34. The van der Waals surface area contributed by atoms with Gasteiger partial charge in [-0.25, -0.2) is 4.98 Å². The largest absolute Gasteiger partial charge is 0.345 e. The summed E-state index contributed by atoms with van der Waals surface area (Å²) in [5.41, 5.74) is 3.20. The lowest BCUT2D eigenvalue weighted by Crippen LogP contribution is -2.39. The summed E-state index contributed by atoms with van der Waals surface area (Å²) in [6.45, 7) is 5.04. The number of amides is 1. The Bertz CT molecular complexity index is 758. The van der Waals surface area contributed by atoms with E-state index in [4.69, 9.17) is 0 Å². The van der Waals surface area contributed by atoms with Crippen molar-refractivity contribution in [2.24, 2.45) is 0 Å². The van der Waals surface area contributed by atoms with Gasteiger partial charge in [-0.2, -0.15) is 5.10 Å². The number of piperidine rings is 1. The first-order valence-corrected chi connectivity index (χ1v) is 10.0. The van der Waals surface area contributed by atoms with E-state index in [0.717, 1.165) is 42.9 Å². The van der Waals surface area contributed by atoms with Crippen molar-refractivity contribution in [3.63, 3.8) is 0 Å². The molecule has 1 N–H and O–H groups in total. The molecule has 2 aliphatic rings. The lowest BCUT2D eigenvalue weighted by atomic mass is 9.95. The first-order chi connectivity index (χ1) is 12.7. The Morgan fingerprint density at radius 2 is 1.88 bits per heavy atom. The molecule has 1 atom stereocenters. The van der Waals surface area contributed by atoms with Crippen LogP contribution in [0.4, 0.5) is 0 Å². The highest BCUT2D eigenvalue weighted by molar-refractivity contribution is 5.96. The Morgan fingerprint density at radius 1 is 1.12 bits per heavy atom. The highest BCUT2D eigenvalue weighted by Gasteiger charge is 2.32. The van der Waals surface area contributed by atoms with Crippen molar-refractivity contribution in [3.05, 3.63) is 35.2 Å². The van der Waals surface area contributed by atoms with Crippen molar-refractivity contribution >= 4 is 5.91 Å². The van der Waals surface area contributed by atoms with E-state index in [2.05, 4.69) is 39.7 Å². The molecule has 1 amide bonds. The molecule has 0 bridgehead atoms. The van der Waals surface area contributed by atoms with Crippen molar-refractivity contribution in [2.75, 3.05) is 6.54 Å². The van der Waals surface area contributed by atoms with E-state index in [1.54, 1.807) is 0 Å². The fraction of sp³-hybridized carbons (Fsp3) is 0.650. The molecule has 6 nitrogen and oxygen atoms in total. The van der Waals surface area contributed by atoms with Crippen LogP contribution in [0.2, 0.25) is 0 Å². The zero-order valence-corrected chi connectivity index (χ0v) is 15.9. The quantitative estimate of drug-likeness (QED) is 0.901. The van der Waals surface area contributed by atoms with Crippen LogP contribution in [0.15, 0.2) is 12.4 Å². The molecule has 0 spiro atoms. The van der Waals surface area contributed by atoms with Gasteiger partial charge < -0.3 is 9.47 Å². The van der Waals surface area contributed by atoms with E-state index in [0.29, 0.717) is 6.04 Å². The minimum atomic E-state index is 0.0106. The summed E-state index contributed by atoms with van der Waals surface area (Å²) < 4.78 is 2.42. The molecule has 1 aliphatic heterocycles. The number of H-pyrrole nitrogens is 1. The molecule has 0 radical (unpaired) electrons. The summed E-state index contributed by atoms with van der Waals surface area (Å²) in [6.07, 6.45) is 11.0. The third kappa shape index (κ3) is 3.06. The molecule has 0 unspecified atom stereocenters.